The van der Waals surface area contributed by atoms with Crippen LogP contribution in [-0.2, 0) is 0 Å². The van der Waals surface area contributed by atoms with Crippen molar-refractivity contribution in [1.29, 1.82) is 0 Å². The van der Waals surface area contributed by atoms with E-state index in [1.165, 1.54) is 0 Å². The van der Waals surface area contributed by atoms with E-state index in [0.717, 1.165) is 36.5 Å². The normalized spacial score (nSPS) is 12.6. The summed E-state index contributed by atoms with van der Waals surface area (Å²) in [4.78, 5) is 4.57. The molecule has 0 radical (unpaired) electrons. The summed E-state index contributed by atoms with van der Waals surface area (Å²) in [5.74, 6) is 0. The van der Waals surface area contributed by atoms with Crippen LogP contribution in [0.5, 0.6) is 0 Å². The number of hydrogen-bond acceptors (Lipinski definition) is 3. The van der Waals surface area contributed by atoms with Crippen molar-refractivity contribution >= 4 is 0 Å². The van der Waals surface area contributed by atoms with Crippen molar-refractivity contribution in [3.05, 3.63) is 42.0 Å². The van der Waals surface area contributed by atoms with E-state index >= 15 is 0 Å². The van der Waals surface area contributed by atoms with E-state index in [0.29, 0.717) is 6.04 Å². The topological polar surface area (TPSA) is 42.7 Å². The van der Waals surface area contributed by atoms with E-state index in [1.54, 1.807) is 0 Å². The molecule has 4 heteroatoms. The Labute approximate surface area is 114 Å². The van der Waals surface area contributed by atoms with Crippen LogP contribution in [0.25, 0.3) is 5.69 Å². The third-order valence-electron chi connectivity index (χ3n) is 3.16. The molecule has 0 saturated carbocycles. The number of nitrogens with zero attached hydrogens (tertiary/aromatic N) is 3. The van der Waals surface area contributed by atoms with E-state index < -0.39 is 0 Å². The summed E-state index contributed by atoms with van der Waals surface area (Å²) in [5, 5.41) is 7.90. The fourth-order valence-corrected chi connectivity index (χ4v) is 2.07. The summed E-state index contributed by atoms with van der Waals surface area (Å²) in [7, 11) is 0. The lowest BCUT2D eigenvalue weighted by Gasteiger charge is -2.16. The van der Waals surface area contributed by atoms with E-state index in [1.807, 2.05) is 30.1 Å². The smallest absolute Gasteiger partial charge is 0.0829 e. The molecule has 2 aromatic heterocycles. The number of aromatic nitrogens is 3. The second kappa shape index (κ2) is 6.48. The lowest BCUT2D eigenvalue weighted by Crippen LogP contribution is -2.22. The summed E-state index contributed by atoms with van der Waals surface area (Å²) in [6.45, 7) is 7.37. The van der Waals surface area contributed by atoms with Crippen LogP contribution in [0.15, 0.2) is 30.6 Å². The van der Waals surface area contributed by atoms with Crippen molar-refractivity contribution in [3.63, 3.8) is 0 Å². The number of aryl methyl sites for hydroxylation is 1. The lowest BCUT2D eigenvalue weighted by atomic mass is 10.1. The van der Waals surface area contributed by atoms with Gasteiger partial charge in [-0.15, -0.1) is 0 Å². The molecule has 1 unspecified atom stereocenters. The van der Waals surface area contributed by atoms with Crippen LogP contribution >= 0.6 is 0 Å². The first-order chi connectivity index (χ1) is 9.24. The molecule has 0 aliphatic carbocycles. The minimum Gasteiger partial charge on any atom is -0.309 e. The largest absolute Gasteiger partial charge is 0.309 e. The van der Waals surface area contributed by atoms with Gasteiger partial charge >= 0.3 is 0 Å². The Morgan fingerprint density at radius 3 is 2.63 bits per heavy atom. The van der Waals surface area contributed by atoms with Crippen LogP contribution in [0.2, 0.25) is 0 Å². The van der Waals surface area contributed by atoms with Gasteiger partial charge in [-0.3, -0.25) is 4.98 Å². The number of hydrogen-bond donors (Lipinski definition) is 1. The molecule has 1 atom stereocenters. The maximum atomic E-state index is 4.57. The first kappa shape index (κ1) is 13.7. The quantitative estimate of drug-likeness (QED) is 0.866. The zero-order valence-electron chi connectivity index (χ0n) is 11.9. The molecule has 4 nitrogen and oxygen atoms in total. The summed E-state index contributed by atoms with van der Waals surface area (Å²) >= 11 is 0. The fourth-order valence-electron chi connectivity index (χ4n) is 2.07. The molecule has 19 heavy (non-hydrogen) atoms. The third kappa shape index (κ3) is 3.41. The molecule has 0 amide bonds. The first-order valence-corrected chi connectivity index (χ1v) is 6.96. The van der Waals surface area contributed by atoms with Crippen LogP contribution in [0.4, 0.5) is 0 Å². The highest BCUT2D eigenvalue weighted by molar-refractivity contribution is 5.29. The van der Waals surface area contributed by atoms with Gasteiger partial charge in [0.1, 0.15) is 0 Å². The Kier molecular flexibility index (Phi) is 4.68. The molecule has 2 aromatic rings. The van der Waals surface area contributed by atoms with Crippen molar-refractivity contribution < 1.29 is 0 Å². The summed E-state index contributed by atoms with van der Waals surface area (Å²) in [6.07, 6.45) is 6.03. The number of rotatable bonds is 6. The Bertz CT molecular complexity index is 501. The van der Waals surface area contributed by atoms with Crippen molar-refractivity contribution in [2.45, 2.75) is 39.7 Å². The predicted octanol–water partition coefficient (Wildman–Crippen LogP) is 3.03. The Morgan fingerprint density at radius 1 is 1.26 bits per heavy atom. The van der Waals surface area contributed by atoms with E-state index in [9.17, 15) is 0 Å². The number of nitrogens with one attached hydrogen (secondary N) is 1. The molecule has 102 valence electrons. The highest BCUT2D eigenvalue weighted by Gasteiger charge is 2.09. The zero-order valence-corrected chi connectivity index (χ0v) is 11.9. The number of pyridine rings is 1. The van der Waals surface area contributed by atoms with Gasteiger partial charge in [0.15, 0.2) is 0 Å². The van der Waals surface area contributed by atoms with Gasteiger partial charge in [0.2, 0.25) is 0 Å². The highest BCUT2D eigenvalue weighted by Crippen LogP contribution is 2.15. The fraction of sp³-hybridized carbons (Fsp3) is 0.467. The van der Waals surface area contributed by atoms with Gasteiger partial charge in [0.05, 0.1) is 23.3 Å². The monoisotopic (exact) mass is 258 g/mol. The van der Waals surface area contributed by atoms with Gasteiger partial charge < -0.3 is 5.32 Å². The van der Waals surface area contributed by atoms with Crippen LogP contribution < -0.4 is 5.32 Å². The summed E-state index contributed by atoms with van der Waals surface area (Å²) in [6, 6.07) is 6.49. The molecular weight excluding hydrogens is 236 g/mol. The molecule has 0 fully saturated rings. The van der Waals surface area contributed by atoms with Gasteiger partial charge in [-0.1, -0.05) is 13.8 Å². The average Bonchev–Trinajstić information content (AvgIpc) is 2.87. The van der Waals surface area contributed by atoms with Crippen LogP contribution in [0.1, 0.15) is 44.1 Å². The maximum absolute atomic E-state index is 4.57. The van der Waals surface area contributed by atoms with Crippen molar-refractivity contribution in [2.24, 2.45) is 0 Å². The molecule has 0 aliphatic heterocycles. The minimum atomic E-state index is 0.341. The van der Waals surface area contributed by atoms with E-state index in [4.69, 9.17) is 0 Å². The van der Waals surface area contributed by atoms with Crippen molar-refractivity contribution in [1.82, 2.24) is 20.1 Å². The Morgan fingerprint density at radius 2 is 2.11 bits per heavy atom. The van der Waals surface area contributed by atoms with Gasteiger partial charge in [0.25, 0.3) is 0 Å². The van der Waals surface area contributed by atoms with E-state index in [-0.39, 0.29) is 0 Å². The Hall–Kier alpha value is -1.68. The molecule has 0 spiro atoms. The minimum absolute atomic E-state index is 0.341. The molecule has 2 heterocycles. The molecular formula is C15H22N4. The molecule has 0 bridgehead atoms. The molecule has 0 aliphatic rings. The van der Waals surface area contributed by atoms with Crippen molar-refractivity contribution in [3.8, 4) is 5.69 Å². The van der Waals surface area contributed by atoms with Gasteiger partial charge in [0, 0.05) is 12.2 Å². The maximum Gasteiger partial charge on any atom is 0.0829 e. The van der Waals surface area contributed by atoms with Crippen LogP contribution in [0.3, 0.4) is 0 Å². The Balaban J connectivity index is 2.13. The second-order valence-electron chi connectivity index (χ2n) is 4.76. The van der Waals surface area contributed by atoms with Crippen molar-refractivity contribution in [2.75, 3.05) is 6.54 Å². The average molecular weight is 258 g/mol. The van der Waals surface area contributed by atoms with Gasteiger partial charge in [-0.2, -0.15) is 5.10 Å². The van der Waals surface area contributed by atoms with Gasteiger partial charge in [-0.05, 0) is 44.5 Å². The summed E-state index contributed by atoms with van der Waals surface area (Å²) in [5.41, 5.74) is 3.12. The lowest BCUT2D eigenvalue weighted by molar-refractivity contribution is 0.507. The third-order valence-corrected chi connectivity index (χ3v) is 3.16. The molecule has 2 rings (SSSR count). The van der Waals surface area contributed by atoms with Crippen LogP contribution in [0, 0.1) is 6.92 Å². The SMILES string of the molecule is CCCNC(CC)c1ccc(-n2ccc(C)n2)cn1. The summed E-state index contributed by atoms with van der Waals surface area (Å²) < 4.78 is 1.85. The molecule has 0 aromatic carbocycles. The van der Waals surface area contributed by atoms with E-state index in [2.05, 4.69) is 41.4 Å². The second-order valence-corrected chi connectivity index (χ2v) is 4.76. The molecule has 1 N–H and O–H groups in total. The highest BCUT2D eigenvalue weighted by atomic mass is 15.3. The van der Waals surface area contributed by atoms with Gasteiger partial charge in [-0.25, -0.2) is 4.68 Å². The predicted molar refractivity (Wildman–Crippen MR) is 77.4 cm³/mol. The molecule has 0 saturated heterocycles. The zero-order chi connectivity index (χ0) is 13.7. The first-order valence-electron chi connectivity index (χ1n) is 6.96. The van der Waals surface area contributed by atoms with Crippen LogP contribution in [-0.4, -0.2) is 21.3 Å². The standard InChI is InChI=1S/C15H22N4/c1-4-9-16-14(5-2)15-7-6-13(11-17-15)19-10-8-12(3)18-19/h6-8,10-11,14,16H,4-5,9H2,1-3H3.